The number of benzene rings is 1. The van der Waals surface area contributed by atoms with Crippen LogP contribution in [0.25, 0.3) is 0 Å². The fourth-order valence-electron chi connectivity index (χ4n) is 3.45. The van der Waals surface area contributed by atoms with Gasteiger partial charge in [0.15, 0.2) is 0 Å². The number of amides is 2. The second-order valence-electron chi connectivity index (χ2n) is 8.14. The Morgan fingerprint density at radius 2 is 1.71 bits per heavy atom. The number of nitrogens with zero attached hydrogens (tertiary/aromatic N) is 3. The van der Waals surface area contributed by atoms with Gasteiger partial charge in [0.25, 0.3) is 5.91 Å². The second kappa shape index (κ2) is 8.00. The van der Waals surface area contributed by atoms with E-state index in [0.717, 1.165) is 30.0 Å². The van der Waals surface area contributed by atoms with E-state index in [9.17, 15) is 9.59 Å². The summed E-state index contributed by atoms with van der Waals surface area (Å²) in [5, 5.41) is 3.01. The highest BCUT2D eigenvalue weighted by Gasteiger charge is 2.21. The summed E-state index contributed by atoms with van der Waals surface area (Å²) in [6, 6.07) is 11.6. The van der Waals surface area contributed by atoms with Crippen molar-refractivity contribution in [3.63, 3.8) is 0 Å². The molecule has 0 saturated carbocycles. The van der Waals surface area contributed by atoms with Gasteiger partial charge in [0.05, 0.1) is 0 Å². The molecule has 2 amide bonds. The van der Waals surface area contributed by atoms with Crippen LogP contribution in [0.15, 0.2) is 42.6 Å². The van der Waals surface area contributed by atoms with Crippen LogP contribution in [-0.4, -0.2) is 47.9 Å². The molecule has 2 heterocycles. The quantitative estimate of drug-likeness (QED) is 0.887. The van der Waals surface area contributed by atoms with Gasteiger partial charge < -0.3 is 15.1 Å². The molecular weight excluding hydrogens is 352 g/mol. The number of pyridine rings is 1. The van der Waals surface area contributed by atoms with Crippen LogP contribution in [-0.2, 0) is 10.2 Å². The van der Waals surface area contributed by atoms with E-state index in [-0.39, 0.29) is 17.2 Å². The van der Waals surface area contributed by atoms with Crippen molar-refractivity contribution >= 4 is 23.2 Å². The monoisotopic (exact) mass is 380 g/mol. The molecule has 1 saturated heterocycles. The Morgan fingerprint density at radius 1 is 1.04 bits per heavy atom. The van der Waals surface area contributed by atoms with Crippen molar-refractivity contribution in [1.29, 1.82) is 0 Å². The normalized spacial score (nSPS) is 14.7. The number of hydrogen-bond acceptors (Lipinski definition) is 4. The SMILES string of the molecule is CC(=O)N1CCN(c2ccnc(C(=O)Nc3ccccc3C(C)(C)C)c2)CC1. The lowest BCUT2D eigenvalue weighted by Crippen LogP contribution is -2.48. The zero-order chi connectivity index (χ0) is 20.3. The van der Waals surface area contributed by atoms with Crippen LogP contribution < -0.4 is 10.2 Å². The third-order valence-electron chi connectivity index (χ3n) is 5.05. The Hall–Kier alpha value is -2.89. The smallest absolute Gasteiger partial charge is 0.274 e. The average molecular weight is 380 g/mol. The van der Waals surface area contributed by atoms with E-state index in [1.165, 1.54) is 0 Å². The summed E-state index contributed by atoms with van der Waals surface area (Å²) in [6.45, 7) is 10.8. The van der Waals surface area contributed by atoms with E-state index in [0.29, 0.717) is 18.8 Å². The molecule has 1 aromatic carbocycles. The molecule has 148 valence electrons. The maximum absolute atomic E-state index is 12.8. The van der Waals surface area contributed by atoms with Crippen molar-refractivity contribution in [3.05, 3.63) is 53.9 Å². The molecule has 0 radical (unpaired) electrons. The standard InChI is InChI=1S/C22H28N4O2/c1-16(27)25-11-13-26(14-12-25)17-9-10-23-20(15-17)21(28)24-19-8-6-5-7-18(19)22(2,3)4/h5-10,15H,11-14H2,1-4H3,(H,24,28). The third-order valence-corrected chi connectivity index (χ3v) is 5.05. The van der Waals surface area contributed by atoms with Crippen LogP contribution in [0.5, 0.6) is 0 Å². The highest BCUT2D eigenvalue weighted by atomic mass is 16.2. The number of rotatable bonds is 3. The maximum Gasteiger partial charge on any atom is 0.274 e. The number of aromatic nitrogens is 1. The summed E-state index contributed by atoms with van der Waals surface area (Å²) in [5.41, 5.74) is 3.15. The van der Waals surface area contributed by atoms with Gasteiger partial charge in [-0.15, -0.1) is 0 Å². The van der Waals surface area contributed by atoms with Gasteiger partial charge >= 0.3 is 0 Å². The van der Waals surface area contributed by atoms with Gasteiger partial charge in [-0.2, -0.15) is 0 Å². The second-order valence-corrected chi connectivity index (χ2v) is 8.14. The number of hydrogen-bond donors (Lipinski definition) is 1. The van der Waals surface area contributed by atoms with Gasteiger partial charge in [0, 0.05) is 50.7 Å². The lowest BCUT2D eigenvalue weighted by atomic mass is 9.86. The zero-order valence-corrected chi connectivity index (χ0v) is 17.0. The molecule has 1 fully saturated rings. The Balaban J connectivity index is 1.75. The average Bonchev–Trinajstić information content (AvgIpc) is 2.68. The fraction of sp³-hybridized carbons (Fsp3) is 0.409. The highest BCUT2D eigenvalue weighted by molar-refractivity contribution is 6.03. The first-order valence-electron chi connectivity index (χ1n) is 9.63. The highest BCUT2D eigenvalue weighted by Crippen LogP contribution is 2.29. The van der Waals surface area contributed by atoms with Crippen molar-refractivity contribution in [2.75, 3.05) is 36.4 Å². The first kappa shape index (κ1) is 19.9. The molecule has 3 rings (SSSR count). The minimum atomic E-state index is -0.221. The lowest BCUT2D eigenvalue weighted by molar-refractivity contribution is -0.129. The van der Waals surface area contributed by atoms with Gasteiger partial charge in [0.1, 0.15) is 5.69 Å². The van der Waals surface area contributed by atoms with Crippen LogP contribution in [0.4, 0.5) is 11.4 Å². The van der Waals surface area contributed by atoms with Gasteiger partial charge in [-0.3, -0.25) is 14.6 Å². The van der Waals surface area contributed by atoms with E-state index in [2.05, 4.69) is 36.0 Å². The summed E-state index contributed by atoms with van der Waals surface area (Å²) < 4.78 is 0. The van der Waals surface area contributed by atoms with Crippen molar-refractivity contribution in [2.24, 2.45) is 0 Å². The number of anilines is 2. The molecule has 1 aromatic heterocycles. The number of piperazine rings is 1. The molecule has 1 N–H and O–H groups in total. The van der Waals surface area contributed by atoms with Crippen molar-refractivity contribution < 1.29 is 9.59 Å². The molecule has 0 atom stereocenters. The molecule has 0 aliphatic carbocycles. The number of carbonyl (C=O) groups excluding carboxylic acids is 2. The Kier molecular flexibility index (Phi) is 5.68. The fourth-order valence-corrected chi connectivity index (χ4v) is 3.45. The minimum Gasteiger partial charge on any atom is -0.368 e. The van der Waals surface area contributed by atoms with Crippen LogP contribution in [0.2, 0.25) is 0 Å². The maximum atomic E-state index is 12.8. The zero-order valence-electron chi connectivity index (χ0n) is 17.0. The van der Waals surface area contributed by atoms with Crippen molar-refractivity contribution in [1.82, 2.24) is 9.88 Å². The number of nitrogens with one attached hydrogen (secondary N) is 1. The molecule has 0 unspecified atom stereocenters. The molecular formula is C22H28N4O2. The lowest BCUT2D eigenvalue weighted by Gasteiger charge is -2.35. The van der Waals surface area contributed by atoms with E-state index in [1.54, 1.807) is 13.1 Å². The first-order chi connectivity index (χ1) is 13.3. The summed E-state index contributed by atoms with van der Waals surface area (Å²) in [7, 11) is 0. The Labute approximate surface area is 166 Å². The van der Waals surface area contributed by atoms with Gasteiger partial charge in [0.2, 0.25) is 5.91 Å². The van der Waals surface area contributed by atoms with Crippen LogP contribution in [0.3, 0.4) is 0 Å². The molecule has 1 aliphatic heterocycles. The number of carbonyl (C=O) groups is 2. The molecule has 2 aromatic rings. The van der Waals surface area contributed by atoms with Crippen molar-refractivity contribution in [2.45, 2.75) is 33.1 Å². The third kappa shape index (κ3) is 4.50. The molecule has 6 nitrogen and oxygen atoms in total. The minimum absolute atomic E-state index is 0.0739. The number of para-hydroxylation sites is 1. The van der Waals surface area contributed by atoms with Gasteiger partial charge in [-0.25, -0.2) is 0 Å². The predicted molar refractivity (Wildman–Crippen MR) is 112 cm³/mol. The molecule has 0 bridgehead atoms. The molecule has 6 heteroatoms. The van der Waals surface area contributed by atoms with Gasteiger partial charge in [-0.1, -0.05) is 39.0 Å². The predicted octanol–water partition coefficient (Wildman–Crippen LogP) is 3.30. The van der Waals surface area contributed by atoms with Gasteiger partial charge in [-0.05, 0) is 29.2 Å². The molecule has 1 aliphatic rings. The first-order valence-corrected chi connectivity index (χ1v) is 9.63. The van der Waals surface area contributed by atoms with E-state index in [4.69, 9.17) is 0 Å². The Bertz CT molecular complexity index is 865. The topological polar surface area (TPSA) is 65.5 Å². The van der Waals surface area contributed by atoms with Crippen LogP contribution in [0, 0.1) is 0 Å². The van der Waals surface area contributed by atoms with Crippen LogP contribution in [0.1, 0.15) is 43.7 Å². The Morgan fingerprint density at radius 3 is 2.36 bits per heavy atom. The van der Waals surface area contributed by atoms with Crippen molar-refractivity contribution in [3.8, 4) is 0 Å². The summed E-state index contributed by atoms with van der Waals surface area (Å²) in [5.74, 6) is -0.118. The molecule has 0 spiro atoms. The summed E-state index contributed by atoms with van der Waals surface area (Å²) in [6.07, 6.45) is 1.66. The summed E-state index contributed by atoms with van der Waals surface area (Å²) in [4.78, 5) is 32.6. The van der Waals surface area contributed by atoms with E-state index < -0.39 is 0 Å². The van der Waals surface area contributed by atoms with E-state index >= 15 is 0 Å². The summed E-state index contributed by atoms with van der Waals surface area (Å²) >= 11 is 0. The van der Waals surface area contributed by atoms with Crippen LogP contribution >= 0.6 is 0 Å². The largest absolute Gasteiger partial charge is 0.368 e. The van der Waals surface area contributed by atoms with E-state index in [1.807, 2.05) is 41.3 Å². The molecule has 28 heavy (non-hydrogen) atoms.